The number of aliphatic carboxylic acids is 1. The van der Waals surface area contributed by atoms with Crippen molar-refractivity contribution >= 4 is 75.2 Å². The summed E-state index contributed by atoms with van der Waals surface area (Å²) in [5, 5.41) is 25.5. The maximum Gasteiger partial charge on any atom is 0.352 e. The number of β-lactam (4-membered cyclic amide) rings is 1. The number of nitrogens with zero attached hydrogens (tertiary/aromatic N) is 3. The summed E-state index contributed by atoms with van der Waals surface area (Å²) >= 11 is 5.84. The second-order valence-corrected chi connectivity index (χ2v) is 10.9. The van der Waals surface area contributed by atoms with Gasteiger partial charge >= 0.3 is 5.97 Å². The third kappa shape index (κ3) is 3.58. The molecule has 4 heterocycles. The normalized spacial score (nSPS) is 25.0. The average Bonchev–Trinajstić information content (AvgIpc) is 3.37. The van der Waals surface area contributed by atoms with Gasteiger partial charge in [-0.3, -0.25) is 14.5 Å². The SMILES string of the molecule is Nc1nc(C(=NO)C(=O)NC2C(=O)N3C(C(=O)O)=C(C4SCCS4)CSC23)cs1. The van der Waals surface area contributed by atoms with Crippen LogP contribution in [-0.2, 0) is 14.4 Å². The number of hydrogen-bond donors (Lipinski definition) is 4. The fourth-order valence-electron chi connectivity index (χ4n) is 3.20. The number of anilines is 1. The van der Waals surface area contributed by atoms with Gasteiger partial charge in [-0.15, -0.1) is 46.6 Å². The number of thiazole rings is 1. The smallest absolute Gasteiger partial charge is 0.352 e. The Morgan fingerprint density at radius 3 is 2.62 bits per heavy atom. The van der Waals surface area contributed by atoms with Gasteiger partial charge in [-0.2, -0.15) is 0 Å². The predicted octanol–water partition coefficient (Wildman–Crippen LogP) is 0.448. The fourth-order valence-corrected chi connectivity index (χ4v) is 8.30. The Morgan fingerprint density at radius 1 is 1.31 bits per heavy atom. The first-order valence-corrected chi connectivity index (χ1v) is 12.3. The molecule has 4 rings (SSSR count). The van der Waals surface area contributed by atoms with E-state index in [0.717, 1.165) is 28.4 Å². The fraction of sp³-hybridized carbons (Fsp3) is 0.400. The lowest BCUT2D eigenvalue weighted by Gasteiger charge is -2.49. The largest absolute Gasteiger partial charge is 0.477 e. The molecule has 0 saturated carbocycles. The van der Waals surface area contributed by atoms with Gasteiger partial charge in [-0.05, 0) is 5.57 Å². The van der Waals surface area contributed by atoms with E-state index in [1.807, 2.05) is 0 Å². The molecule has 0 bridgehead atoms. The number of fused-ring (bicyclic) bond motifs is 1. The first-order chi connectivity index (χ1) is 13.9. The van der Waals surface area contributed by atoms with Gasteiger partial charge in [0.25, 0.3) is 11.8 Å². The van der Waals surface area contributed by atoms with Crippen molar-refractivity contribution in [2.45, 2.75) is 16.0 Å². The van der Waals surface area contributed by atoms with Gasteiger partial charge in [0.1, 0.15) is 22.8 Å². The first kappa shape index (κ1) is 20.4. The Bertz CT molecular complexity index is 941. The quantitative estimate of drug-likeness (QED) is 0.205. The van der Waals surface area contributed by atoms with Crippen molar-refractivity contribution in [3.8, 4) is 0 Å². The maximum absolute atomic E-state index is 12.7. The number of carbonyl (C=O) groups excluding carboxylic acids is 2. The molecule has 1 aromatic rings. The van der Waals surface area contributed by atoms with Crippen LogP contribution in [0.5, 0.6) is 0 Å². The highest BCUT2D eigenvalue weighted by atomic mass is 32.2. The molecular formula is C15H15N5O5S4. The Kier molecular flexibility index (Phi) is 5.68. The van der Waals surface area contributed by atoms with Crippen molar-refractivity contribution in [1.82, 2.24) is 15.2 Å². The molecule has 0 spiro atoms. The van der Waals surface area contributed by atoms with Gasteiger partial charge in [0.15, 0.2) is 10.8 Å². The van der Waals surface area contributed by atoms with E-state index < -0.39 is 29.2 Å². The summed E-state index contributed by atoms with van der Waals surface area (Å²) in [5.41, 5.74) is 6.02. The number of nitrogens with two attached hydrogens (primary N) is 1. The Hall–Kier alpha value is -1.90. The summed E-state index contributed by atoms with van der Waals surface area (Å²) in [7, 11) is 0. The van der Waals surface area contributed by atoms with E-state index in [1.165, 1.54) is 22.0 Å². The van der Waals surface area contributed by atoms with Crippen LogP contribution in [0.2, 0.25) is 0 Å². The number of nitrogens with one attached hydrogen (secondary N) is 1. The van der Waals surface area contributed by atoms with Crippen molar-refractivity contribution in [3.63, 3.8) is 0 Å². The minimum absolute atomic E-state index is 0.0134. The van der Waals surface area contributed by atoms with Crippen LogP contribution in [0.3, 0.4) is 0 Å². The highest BCUT2D eigenvalue weighted by Crippen LogP contribution is 2.47. The molecule has 3 aliphatic heterocycles. The zero-order valence-corrected chi connectivity index (χ0v) is 17.9. The molecule has 5 N–H and O–H groups in total. The molecule has 1 aromatic heterocycles. The molecule has 0 radical (unpaired) electrons. The number of rotatable bonds is 5. The van der Waals surface area contributed by atoms with E-state index >= 15 is 0 Å². The van der Waals surface area contributed by atoms with Crippen LogP contribution in [-0.4, -0.2) is 76.9 Å². The summed E-state index contributed by atoms with van der Waals surface area (Å²) in [5.74, 6) is -0.0877. The second kappa shape index (κ2) is 8.08. The highest BCUT2D eigenvalue weighted by Gasteiger charge is 2.55. The van der Waals surface area contributed by atoms with Crippen LogP contribution in [0.4, 0.5) is 5.13 Å². The van der Waals surface area contributed by atoms with E-state index in [-0.39, 0.29) is 26.8 Å². The molecule has 3 aliphatic rings. The minimum Gasteiger partial charge on any atom is -0.477 e. The van der Waals surface area contributed by atoms with Gasteiger partial charge in [0.05, 0.1) is 4.58 Å². The molecule has 0 aliphatic carbocycles. The molecular weight excluding hydrogens is 458 g/mol. The van der Waals surface area contributed by atoms with Crippen molar-refractivity contribution in [2.24, 2.45) is 5.16 Å². The number of aromatic nitrogens is 1. The molecule has 10 nitrogen and oxygen atoms in total. The summed E-state index contributed by atoms with van der Waals surface area (Å²) in [4.78, 5) is 42.2. The van der Waals surface area contributed by atoms with Crippen LogP contribution in [0.15, 0.2) is 21.8 Å². The van der Waals surface area contributed by atoms with Crippen molar-refractivity contribution in [1.29, 1.82) is 0 Å². The molecule has 29 heavy (non-hydrogen) atoms. The topological polar surface area (TPSA) is 158 Å². The molecule has 2 atom stereocenters. The van der Waals surface area contributed by atoms with Crippen LogP contribution >= 0.6 is 46.6 Å². The summed E-state index contributed by atoms with van der Waals surface area (Å²) in [6, 6.07) is -0.917. The van der Waals surface area contributed by atoms with E-state index in [4.69, 9.17) is 5.73 Å². The lowest BCUT2D eigenvalue weighted by Crippen LogP contribution is -2.71. The molecule has 14 heteroatoms. The number of hydrogen-bond acceptors (Lipinski definition) is 11. The lowest BCUT2D eigenvalue weighted by atomic mass is 10.0. The Morgan fingerprint density at radius 2 is 2.03 bits per heavy atom. The minimum atomic E-state index is -1.15. The zero-order valence-electron chi connectivity index (χ0n) is 14.6. The van der Waals surface area contributed by atoms with E-state index in [9.17, 15) is 24.7 Å². The number of oxime groups is 1. The van der Waals surface area contributed by atoms with E-state index in [0.29, 0.717) is 5.75 Å². The predicted molar refractivity (Wildman–Crippen MR) is 113 cm³/mol. The third-order valence-corrected chi connectivity index (χ3v) is 9.58. The van der Waals surface area contributed by atoms with Crippen LogP contribution in [0.25, 0.3) is 0 Å². The molecule has 2 fully saturated rings. The highest BCUT2D eigenvalue weighted by molar-refractivity contribution is 8.20. The summed E-state index contributed by atoms with van der Waals surface area (Å²) in [6.07, 6.45) is 0. The zero-order chi connectivity index (χ0) is 20.7. The van der Waals surface area contributed by atoms with Crippen LogP contribution in [0, 0.1) is 0 Å². The van der Waals surface area contributed by atoms with Gasteiger partial charge in [0, 0.05) is 22.6 Å². The average molecular weight is 474 g/mol. The van der Waals surface area contributed by atoms with Crippen LogP contribution < -0.4 is 11.1 Å². The van der Waals surface area contributed by atoms with Gasteiger partial charge in [0.2, 0.25) is 0 Å². The maximum atomic E-state index is 12.7. The molecule has 2 amide bonds. The lowest BCUT2D eigenvalue weighted by molar-refractivity contribution is -0.150. The number of carboxylic acids is 1. The molecule has 2 unspecified atom stereocenters. The van der Waals surface area contributed by atoms with Gasteiger partial charge in [-0.1, -0.05) is 5.16 Å². The van der Waals surface area contributed by atoms with Gasteiger partial charge < -0.3 is 21.4 Å². The number of carbonyl (C=O) groups is 3. The number of nitrogen functional groups attached to an aromatic ring is 1. The number of thioether (sulfide) groups is 3. The van der Waals surface area contributed by atoms with Crippen molar-refractivity contribution in [2.75, 3.05) is 23.0 Å². The molecule has 0 aromatic carbocycles. The van der Waals surface area contributed by atoms with Crippen molar-refractivity contribution < 1.29 is 24.7 Å². The molecule has 2 saturated heterocycles. The number of carboxylic acid groups (broad SMARTS) is 1. The van der Waals surface area contributed by atoms with E-state index in [2.05, 4.69) is 15.5 Å². The van der Waals surface area contributed by atoms with Gasteiger partial charge in [-0.25, -0.2) is 9.78 Å². The van der Waals surface area contributed by atoms with E-state index in [1.54, 1.807) is 23.5 Å². The van der Waals surface area contributed by atoms with Crippen LogP contribution in [0.1, 0.15) is 5.69 Å². The summed E-state index contributed by atoms with van der Waals surface area (Å²) < 4.78 is 0.0271. The molecule has 154 valence electrons. The Labute approximate surface area is 181 Å². The summed E-state index contributed by atoms with van der Waals surface area (Å²) in [6.45, 7) is 0. The third-order valence-electron chi connectivity index (χ3n) is 4.47. The monoisotopic (exact) mass is 473 g/mol. The first-order valence-electron chi connectivity index (χ1n) is 8.31. The second-order valence-electron chi connectivity index (χ2n) is 6.13. The van der Waals surface area contributed by atoms with Crippen molar-refractivity contribution in [3.05, 3.63) is 22.3 Å². The Balaban J connectivity index is 1.52. The standard InChI is InChI=1S/C15H15N5O5S4/c16-15-17-6(4-29-15)7(19-25)10(21)18-8-11(22)20-9(13(23)24)5(3-28-12(8)20)14-26-1-2-27-14/h4,8,12,14,25H,1-3H2,(H2,16,17)(H,18,21)(H,23,24). The number of amides is 2.